The highest BCUT2D eigenvalue weighted by Gasteiger charge is 2.04. The molecule has 0 bridgehead atoms. The first-order chi connectivity index (χ1) is 5.70. The minimum atomic E-state index is 0.425. The van der Waals surface area contributed by atoms with Gasteiger partial charge >= 0.3 is 0 Å². The zero-order valence-corrected chi connectivity index (χ0v) is 8.89. The summed E-state index contributed by atoms with van der Waals surface area (Å²) in [5, 5.41) is 3.14. The molecule has 0 fully saturated rings. The van der Waals surface area contributed by atoms with Crippen molar-refractivity contribution in [3.63, 3.8) is 0 Å². The molecule has 0 aliphatic heterocycles. The van der Waals surface area contributed by atoms with E-state index in [4.69, 9.17) is 4.74 Å². The highest BCUT2D eigenvalue weighted by atomic mass is 16.5. The maximum Gasteiger partial charge on any atom is 0.0547 e. The van der Waals surface area contributed by atoms with Crippen LogP contribution < -0.4 is 5.32 Å². The lowest BCUT2D eigenvalue weighted by Crippen LogP contribution is -2.22. The summed E-state index contributed by atoms with van der Waals surface area (Å²) in [6, 6.07) is 0. The molecular formula is C10H23NO. The Bertz CT molecular complexity index is 83.8. The van der Waals surface area contributed by atoms with Crippen LogP contribution >= 0.6 is 0 Å². The van der Waals surface area contributed by atoms with E-state index in [-0.39, 0.29) is 0 Å². The second kappa shape index (κ2) is 7.56. The van der Waals surface area contributed by atoms with Crippen molar-refractivity contribution in [2.75, 3.05) is 20.2 Å². The predicted octanol–water partition coefficient (Wildman–Crippen LogP) is 2.05. The van der Waals surface area contributed by atoms with Crippen LogP contribution in [0.3, 0.4) is 0 Å². The van der Waals surface area contributed by atoms with E-state index in [0.717, 1.165) is 13.2 Å². The Morgan fingerprint density at radius 2 is 2.00 bits per heavy atom. The summed E-state index contributed by atoms with van der Waals surface area (Å²) in [7, 11) is 1.98. The van der Waals surface area contributed by atoms with Crippen molar-refractivity contribution in [2.45, 2.75) is 39.7 Å². The lowest BCUT2D eigenvalue weighted by molar-refractivity contribution is 0.0390. The first-order valence-corrected chi connectivity index (χ1v) is 4.96. The van der Waals surface area contributed by atoms with Gasteiger partial charge < -0.3 is 10.1 Å². The Balaban J connectivity index is 3.27. The van der Waals surface area contributed by atoms with Crippen molar-refractivity contribution in [2.24, 2.45) is 5.92 Å². The Morgan fingerprint density at radius 3 is 2.50 bits per heavy atom. The molecule has 0 heterocycles. The second-order valence-electron chi connectivity index (χ2n) is 3.60. The topological polar surface area (TPSA) is 21.3 Å². The summed E-state index contributed by atoms with van der Waals surface area (Å²) in [5.41, 5.74) is 0. The standard InChI is InChI=1S/C10H23NO/c1-5-6-10(3)12-8-9(2)7-11-4/h9-11H,5-8H2,1-4H3. The molecule has 0 spiro atoms. The van der Waals surface area contributed by atoms with Crippen molar-refractivity contribution in [1.29, 1.82) is 0 Å². The summed E-state index contributed by atoms with van der Waals surface area (Å²) < 4.78 is 5.66. The lowest BCUT2D eigenvalue weighted by Gasteiger charge is -2.16. The van der Waals surface area contributed by atoms with Gasteiger partial charge in [-0.15, -0.1) is 0 Å². The molecule has 2 nitrogen and oxygen atoms in total. The van der Waals surface area contributed by atoms with Crippen LogP contribution in [0, 0.1) is 5.92 Å². The van der Waals surface area contributed by atoms with Gasteiger partial charge in [0.25, 0.3) is 0 Å². The maximum absolute atomic E-state index is 5.66. The third kappa shape index (κ3) is 6.62. The highest BCUT2D eigenvalue weighted by molar-refractivity contribution is 4.55. The Morgan fingerprint density at radius 1 is 1.33 bits per heavy atom. The number of nitrogens with one attached hydrogen (secondary N) is 1. The molecule has 12 heavy (non-hydrogen) atoms. The van der Waals surface area contributed by atoms with Gasteiger partial charge in [0.15, 0.2) is 0 Å². The summed E-state index contributed by atoms with van der Waals surface area (Å²) in [6.07, 6.45) is 2.81. The van der Waals surface area contributed by atoms with Gasteiger partial charge in [-0.2, -0.15) is 0 Å². The number of ether oxygens (including phenoxy) is 1. The van der Waals surface area contributed by atoms with Gasteiger partial charge in [-0.3, -0.25) is 0 Å². The van der Waals surface area contributed by atoms with Gasteiger partial charge in [0.1, 0.15) is 0 Å². The summed E-state index contributed by atoms with van der Waals surface area (Å²) >= 11 is 0. The Kier molecular flexibility index (Phi) is 7.51. The Hall–Kier alpha value is -0.0800. The molecule has 0 radical (unpaired) electrons. The smallest absolute Gasteiger partial charge is 0.0547 e. The monoisotopic (exact) mass is 173 g/mol. The molecule has 0 aromatic carbocycles. The molecule has 0 aliphatic rings. The van der Waals surface area contributed by atoms with Crippen LogP contribution in [0.25, 0.3) is 0 Å². The average Bonchev–Trinajstić information content (AvgIpc) is 2.02. The molecule has 1 N–H and O–H groups in total. The molecule has 0 amide bonds. The van der Waals surface area contributed by atoms with Crippen LogP contribution in [-0.4, -0.2) is 26.3 Å². The van der Waals surface area contributed by atoms with E-state index in [0.29, 0.717) is 12.0 Å². The minimum Gasteiger partial charge on any atom is -0.378 e. The fraction of sp³-hybridized carbons (Fsp3) is 1.00. The minimum absolute atomic E-state index is 0.425. The van der Waals surface area contributed by atoms with Crippen LogP contribution in [0.1, 0.15) is 33.6 Å². The van der Waals surface area contributed by atoms with Gasteiger partial charge in [-0.25, -0.2) is 0 Å². The zero-order valence-electron chi connectivity index (χ0n) is 8.89. The largest absolute Gasteiger partial charge is 0.378 e. The van der Waals surface area contributed by atoms with Crippen molar-refractivity contribution in [3.05, 3.63) is 0 Å². The quantitative estimate of drug-likeness (QED) is 0.636. The molecule has 0 aromatic rings. The van der Waals surface area contributed by atoms with Crippen molar-refractivity contribution >= 4 is 0 Å². The zero-order chi connectivity index (χ0) is 9.40. The van der Waals surface area contributed by atoms with E-state index in [2.05, 4.69) is 26.1 Å². The number of hydrogen-bond donors (Lipinski definition) is 1. The van der Waals surface area contributed by atoms with Crippen molar-refractivity contribution in [3.8, 4) is 0 Å². The SMILES string of the molecule is CCCC(C)OCC(C)CNC. The van der Waals surface area contributed by atoms with Crippen LogP contribution in [0.2, 0.25) is 0 Å². The normalized spacial score (nSPS) is 16.0. The first-order valence-electron chi connectivity index (χ1n) is 4.96. The molecular weight excluding hydrogens is 150 g/mol. The van der Waals surface area contributed by atoms with Gasteiger partial charge in [0.2, 0.25) is 0 Å². The number of hydrogen-bond acceptors (Lipinski definition) is 2. The molecule has 74 valence electrons. The van der Waals surface area contributed by atoms with E-state index in [9.17, 15) is 0 Å². The molecule has 2 heteroatoms. The highest BCUT2D eigenvalue weighted by Crippen LogP contribution is 2.03. The molecule has 0 aromatic heterocycles. The molecule has 2 unspecified atom stereocenters. The molecule has 0 saturated carbocycles. The first kappa shape index (κ1) is 11.9. The van der Waals surface area contributed by atoms with E-state index in [1.54, 1.807) is 0 Å². The summed E-state index contributed by atoms with van der Waals surface area (Å²) in [4.78, 5) is 0. The fourth-order valence-electron chi connectivity index (χ4n) is 1.23. The van der Waals surface area contributed by atoms with Crippen molar-refractivity contribution in [1.82, 2.24) is 5.32 Å². The second-order valence-corrected chi connectivity index (χ2v) is 3.60. The summed E-state index contributed by atoms with van der Waals surface area (Å²) in [6.45, 7) is 8.46. The maximum atomic E-state index is 5.66. The third-order valence-electron chi connectivity index (χ3n) is 1.91. The van der Waals surface area contributed by atoms with Gasteiger partial charge in [0, 0.05) is 0 Å². The summed E-state index contributed by atoms with van der Waals surface area (Å²) in [5.74, 6) is 0.620. The molecule has 0 saturated heterocycles. The van der Waals surface area contributed by atoms with E-state index in [1.165, 1.54) is 12.8 Å². The predicted molar refractivity (Wildman–Crippen MR) is 53.4 cm³/mol. The van der Waals surface area contributed by atoms with Gasteiger partial charge in [-0.05, 0) is 32.9 Å². The van der Waals surface area contributed by atoms with E-state index < -0.39 is 0 Å². The van der Waals surface area contributed by atoms with Gasteiger partial charge in [-0.1, -0.05) is 20.3 Å². The van der Waals surface area contributed by atoms with Crippen LogP contribution in [0.5, 0.6) is 0 Å². The van der Waals surface area contributed by atoms with Crippen molar-refractivity contribution < 1.29 is 4.74 Å². The van der Waals surface area contributed by atoms with Gasteiger partial charge in [0.05, 0.1) is 12.7 Å². The van der Waals surface area contributed by atoms with Crippen LogP contribution in [0.15, 0.2) is 0 Å². The van der Waals surface area contributed by atoms with E-state index in [1.807, 2.05) is 7.05 Å². The van der Waals surface area contributed by atoms with Crippen LogP contribution in [0.4, 0.5) is 0 Å². The number of rotatable bonds is 7. The van der Waals surface area contributed by atoms with E-state index >= 15 is 0 Å². The molecule has 2 atom stereocenters. The van der Waals surface area contributed by atoms with Crippen LogP contribution in [-0.2, 0) is 4.74 Å². The average molecular weight is 173 g/mol. The molecule has 0 aliphatic carbocycles. The molecule has 0 rings (SSSR count). The third-order valence-corrected chi connectivity index (χ3v) is 1.91. The lowest BCUT2D eigenvalue weighted by atomic mass is 10.2. The Labute approximate surface area is 76.7 Å². The fourth-order valence-corrected chi connectivity index (χ4v) is 1.23.